The molecule has 0 aliphatic carbocycles. The predicted molar refractivity (Wildman–Crippen MR) is 72.7 cm³/mol. The van der Waals surface area contributed by atoms with Gasteiger partial charge < -0.3 is 0 Å². The van der Waals surface area contributed by atoms with Gasteiger partial charge in [0.05, 0.1) is 0 Å². The fourth-order valence-electron chi connectivity index (χ4n) is 2.19. The summed E-state index contributed by atoms with van der Waals surface area (Å²) in [4.78, 5) is 0. The Morgan fingerprint density at radius 2 is 1.24 bits per heavy atom. The Morgan fingerprint density at radius 3 is 1.59 bits per heavy atom. The van der Waals surface area contributed by atoms with Crippen LogP contribution in [0.25, 0.3) is 0 Å². The normalized spacial score (nSPS) is 12.1. The summed E-state index contributed by atoms with van der Waals surface area (Å²) in [5, 5.41) is 0. The van der Waals surface area contributed by atoms with Crippen LogP contribution >= 0.6 is 0 Å². The zero-order valence-electron chi connectivity index (χ0n) is 10.0. The quantitative estimate of drug-likeness (QED) is 0.683. The molecular weight excluding hydrogens is 204 g/mol. The molecule has 0 aliphatic heterocycles. The summed E-state index contributed by atoms with van der Waals surface area (Å²) < 4.78 is 0. The lowest BCUT2D eigenvalue weighted by Gasteiger charge is -2.21. The topological polar surface area (TPSA) is 0 Å². The van der Waals surface area contributed by atoms with Crippen molar-refractivity contribution in [2.75, 3.05) is 0 Å². The van der Waals surface area contributed by atoms with Crippen molar-refractivity contribution in [1.82, 2.24) is 0 Å². The summed E-state index contributed by atoms with van der Waals surface area (Å²) in [6.07, 6.45) is 5.60. The fraction of sp³-hybridized carbons (Fsp3) is 0.176. The van der Waals surface area contributed by atoms with Crippen LogP contribution in [-0.4, -0.2) is 0 Å². The van der Waals surface area contributed by atoms with Gasteiger partial charge in [-0.25, -0.2) is 0 Å². The fourth-order valence-corrected chi connectivity index (χ4v) is 2.19. The summed E-state index contributed by atoms with van der Waals surface area (Å²) in [7, 11) is 0. The molecule has 0 nitrogen and oxygen atoms in total. The molecule has 0 aromatic heterocycles. The molecule has 1 unspecified atom stereocenters. The van der Waals surface area contributed by atoms with Crippen LogP contribution in [-0.2, 0) is 0 Å². The predicted octanol–water partition coefficient (Wildman–Crippen LogP) is 4.09. The first kappa shape index (κ1) is 11.5. The minimum Gasteiger partial charge on any atom is -0.120 e. The van der Waals surface area contributed by atoms with E-state index in [1.807, 2.05) is 12.1 Å². The number of hydrogen-bond acceptors (Lipinski definition) is 0. The van der Waals surface area contributed by atoms with Gasteiger partial charge in [-0.3, -0.25) is 0 Å². The molecule has 0 fully saturated rings. The first-order valence-electron chi connectivity index (χ1n) is 5.89. The van der Waals surface area contributed by atoms with Gasteiger partial charge >= 0.3 is 0 Å². The minimum atomic E-state index is 0.194. The lowest BCUT2D eigenvalue weighted by molar-refractivity contribution is 0.645. The van der Waals surface area contributed by atoms with Gasteiger partial charge in [-0.05, 0) is 11.1 Å². The smallest absolute Gasteiger partial charge is 0.0281 e. The van der Waals surface area contributed by atoms with Crippen molar-refractivity contribution in [3.8, 4) is 12.3 Å². The lowest BCUT2D eigenvalue weighted by atomic mass is 9.82. The zero-order valence-corrected chi connectivity index (χ0v) is 10.0. The summed E-state index contributed by atoms with van der Waals surface area (Å²) in [5.41, 5.74) is 2.56. The SMILES string of the molecule is C#CC(C)C(c1ccccc1)c1ccccc1. The molecule has 0 spiro atoms. The van der Waals surface area contributed by atoms with Crippen LogP contribution in [0.2, 0.25) is 0 Å². The van der Waals surface area contributed by atoms with E-state index in [0.29, 0.717) is 0 Å². The molecule has 2 aromatic rings. The maximum atomic E-state index is 5.60. The molecule has 0 bridgehead atoms. The van der Waals surface area contributed by atoms with E-state index in [2.05, 4.69) is 61.4 Å². The Balaban J connectivity index is 2.44. The van der Waals surface area contributed by atoms with E-state index in [4.69, 9.17) is 6.42 Å². The Morgan fingerprint density at radius 1 is 0.824 bits per heavy atom. The summed E-state index contributed by atoms with van der Waals surface area (Å²) in [6, 6.07) is 20.9. The molecular formula is C17H16. The highest BCUT2D eigenvalue weighted by Crippen LogP contribution is 2.31. The van der Waals surface area contributed by atoms with Crippen LogP contribution < -0.4 is 0 Å². The number of rotatable bonds is 3. The maximum absolute atomic E-state index is 5.60. The van der Waals surface area contributed by atoms with Crippen molar-refractivity contribution in [2.24, 2.45) is 5.92 Å². The Labute approximate surface area is 103 Å². The second-order valence-electron chi connectivity index (χ2n) is 4.25. The van der Waals surface area contributed by atoms with Gasteiger partial charge in [0, 0.05) is 11.8 Å². The molecule has 17 heavy (non-hydrogen) atoms. The molecule has 0 aliphatic rings. The Bertz CT molecular complexity index is 451. The highest BCUT2D eigenvalue weighted by Gasteiger charge is 2.19. The van der Waals surface area contributed by atoms with E-state index < -0.39 is 0 Å². The highest BCUT2D eigenvalue weighted by molar-refractivity contribution is 5.34. The van der Waals surface area contributed by atoms with Gasteiger partial charge in [0.25, 0.3) is 0 Å². The molecule has 84 valence electrons. The van der Waals surface area contributed by atoms with E-state index >= 15 is 0 Å². The number of terminal acetylenes is 1. The van der Waals surface area contributed by atoms with E-state index in [-0.39, 0.29) is 11.8 Å². The van der Waals surface area contributed by atoms with Crippen molar-refractivity contribution in [2.45, 2.75) is 12.8 Å². The Kier molecular flexibility index (Phi) is 3.62. The summed E-state index contributed by atoms with van der Waals surface area (Å²) >= 11 is 0. The molecule has 0 heterocycles. The largest absolute Gasteiger partial charge is 0.120 e. The van der Waals surface area contributed by atoms with E-state index in [1.54, 1.807) is 0 Å². The van der Waals surface area contributed by atoms with Crippen molar-refractivity contribution in [1.29, 1.82) is 0 Å². The van der Waals surface area contributed by atoms with Crippen molar-refractivity contribution < 1.29 is 0 Å². The van der Waals surface area contributed by atoms with Crippen molar-refractivity contribution in [3.63, 3.8) is 0 Å². The van der Waals surface area contributed by atoms with Gasteiger partial charge in [-0.1, -0.05) is 67.6 Å². The molecule has 2 rings (SSSR count). The first-order valence-corrected chi connectivity index (χ1v) is 5.89. The maximum Gasteiger partial charge on any atom is 0.0281 e. The van der Waals surface area contributed by atoms with Crippen LogP contribution in [0.4, 0.5) is 0 Å². The molecule has 0 N–H and O–H groups in total. The molecule has 0 heteroatoms. The number of benzene rings is 2. The summed E-state index contributed by atoms with van der Waals surface area (Å²) in [6.45, 7) is 2.10. The average Bonchev–Trinajstić information content (AvgIpc) is 2.41. The third kappa shape index (κ3) is 2.57. The van der Waals surface area contributed by atoms with Crippen LogP contribution in [0, 0.1) is 18.3 Å². The molecule has 0 amide bonds. The standard InChI is InChI=1S/C17H16/c1-3-14(2)17(15-10-6-4-7-11-15)16-12-8-5-9-13-16/h1,4-14,17H,2H3. The van der Waals surface area contributed by atoms with Crippen LogP contribution in [0.1, 0.15) is 24.0 Å². The molecule has 0 saturated carbocycles. The Hall–Kier alpha value is -2.00. The van der Waals surface area contributed by atoms with Gasteiger partial charge in [-0.15, -0.1) is 12.3 Å². The van der Waals surface area contributed by atoms with Gasteiger partial charge in [0.1, 0.15) is 0 Å². The molecule has 0 saturated heterocycles. The van der Waals surface area contributed by atoms with Gasteiger partial charge in [-0.2, -0.15) is 0 Å². The third-order valence-electron chi connectivity index (χ3n) is 3.08. The third-order valence-corrected chi connectivity index (χ3v) is 3.08. The van der Waals surface area contributed by atoms with Gasteiger partial charge in [0.15, 0.2) is 0 Å². The van der Waals surface area contributed by atoms with Gasteiger partial charge in [0.2, 0.25) is 0 Å². The van der Waals surface area contributed by atoms with E-state index in [9.17, 15) is 0 Å². The monoisotopic (exact) mass is 220 g/mol. The van der Waals surface area contributed by atoms with E-state index in [1.165, 1.54) is 11.1 Å². The van der Waals surface area contributed by atoms with Crippen LogP contribution in [0.5, 0.6) is 0 Å². The second-order valence-corrected chi connectivity index (χ2v) is 4.25. The molecule has 1 atom stereocenters. The number of hydrogen-bond donors (Lipinski definition) is 0. The van der Waals surface area contributed by atoms with E-state index in [0.717, 1.165) is 0 Å². The minimum absolute atomic E-state index is 0.194. The lowest BCUT2D eigenvalue weighted by Crippen LogP contribution is -2.09. The molecule has 2 aromatic carbocycles. The highest BCUT2D eigenvalue weighted by atomic mass is 14.2. The second kappa shape index (κ2) is 5.37. The van der Waals surface area contributed by atoms with Crippen molar-refractivity contribution >= 4 is 0 Å². The van der Waals surface area contributed by atoms with Crippen molar-refractivity contribution in [3.05, 3.63) is 71.8 Å². The molecule has 0 radical (unpaired) electrons. The van der Waals surface area contributed by atoms with Crippen LogP contribution in [0.15, 0.2) is 60.7 Å². The van der Waals surface area contributed by atoms with Crippen LogP contribution in [0.3, 0.4) is 0 Å². The average molecular weight is 220 g/mol. The zero-order chi connectivity index (χ0) is 12.1. The first-order chi connectivity index (χ1) is 8.33. The summed E-state index contributed by atoms with van der Waals surface area (Å²) in [5.74, 6) is 3.34.